The third-order valence-electron chi connectivity index (χ3n) is 2.41. The Labute approximate surface area is 82.3 Å². The molecule has 0 aliphatic carbocycles. The molecule has 0 bridgehead atoms. The van der Waals surface area contributed by atoms with Crippen molar-refractivity contribution in [2.75, 3.05) is 24.6 Å². The lowest BCUT2D eigenvalue weighted by atomic mass is 10.1. The number of hydrogen-bond donors (Lipinski definition) is 1. The first-order valence-electron chi connectivity index (χ1n) is 4.58. The van der Waals surface area contributed by atoms with Gasteiger partial charge in [0.25, 0.3) is 0 Å². The molecule has 0 unspecified atom stereocenters. The topological polar surface area (TPSA) is 23.5 Å². The highest BCUT2D eigenvalue weighted by Crippen LogP contribution is 2.25. The molecule has 1 heterocycles. The first kappa shape index (κ1) is 9.21. The van der Waals surface area contributed by atoms with E-state index in [0.717, 1.165) is 5.69 Å². The zero-order valence-electron chi connectivity index (χ0n) is 7.78. The average Bonchev–Trinajstić information content (AvgIpc) is 2.17. The van der Waals surface area contributed by atoms with Gasteiger partial charge in [-0.15, -0.1) is 0 Å². The number of aliphatic hydroxyl groups is 1. The fourth-order valence-corrected chi connectivity index (χ4v) is 1.52. The van der Waals surface area contributed by atoms with Gasteiger partial charge < -0.3 is 10.0 Å². The second-order valence-electron chi connectivity index (χ2n) is 3.36. The molecule has 0 amide bonds. The monoisotopic (exact) mass is 193 g/mol. The lowest BCUT2D eigenvalue weighted by Gasteiger charge is -2.36. The van der Waals surface area contributed by atoms with Crippen LogP contribution >= 0.6 is 0 Å². The zero-order valence-corrected chi connectivity index (χ0v) is 7.78. The Balaban J connectivity index is 2.02. The minimum absolute atomic E-state index is 0.378. The molecule has 1 aliphatic heterocycles. The molecule has 2 nitrogen and oxygen atoms in total. The van der Waals surface area contributed by atoms with E-state index in [4.69, 9.17) is 5.11 Å². The van der Waals surface area contributed by atoms with Crippen LogP contribution in [0.1, 0.15) is 0 Å². The summed E-state index contributed by atoms with van der Waals surface area (Å²) in [6.07, 6.45) is 0. The largest absolute Gasteiger partial charge is 0.389 e. The number of aliphatic hydroxyl groups excluding tert-OH is 1. The molecule has 0 spiro atoms. The van der Waals surface area contributed by atoms with Crippen molar-refractivity contribution in [3.8, 4) is 0 Å². The smallest absolute Gasteiger partial charge is 0.128 e. The van der Waals surface area contributed by atoms with Gasteiger partial charge >= 0.3 is 0 Å². The Bertz CT molecular complexity index is 340. The molecule has 14 heavy (non-hydrogen) atoms. The summed E-state index contributed by atoms with van der Waals surface area (Å²) < 4.78 is 12.9. The van der Waals surface area contributed by atoms with Crippen LogP contribution in [-0.2, 0) is 0 Å². The van der Waals surface area contributed by atoms with Gasteiger partial charge in [-0.3, -0.25) is 0 Å². The van der Waals surface area contributed by atoms with Gasteiger partial charge in [0.15, 0.2) is 0 Å². The normalized spacial score (nSPS) is 15.3. The second-order valence-corrected chi connectivity index (χ2v) is 3.36. The van der Waals surface area contributed by atoms with Crippen molar-refractivity contribution in [2.45, 2.75) is 0 Å². The van der Waals surface area contributed by atoms with Crippen LogP contribution < -0.4 is 4.90 Å². The Kier molecular flexibility index (Phi) is 2.50. The summed E-state index contributed by atoms with van der Waals surface area (Å²) in [7, 11) is 0. The highest BCUT2D eigenvalue weighted by Gasteiger charge is 2.23. The molecule has 0 saturated carbocycles. The fourth-order valence-electron chi connectivity index (χ4n) is 1.52. The van der Waals surface area contributed by atoms with Crippen molar-refractivity contribution in [2.24, 2.45) is 0 Å². The summed E-state index contributed by atoms with van der Waals surface area (Å²) in [6.45, 7) is 0.713. The lowest BCUT2D eigenvalue weighted by molar-refractivity contribution is 0.293. The fraction of sp³-hybridized carbons (Fsp3) is 0.273. The molecule has 1 N–H and O–H groups in total. The van der Waals surface area contributed by atoms with Crippen LogP contribution in [0.4, 0.5) is 10.1 Å². The van der Waals surface area contributed by atoms with Crippen molar-refractivity contribution in [1.29, 1.82) is 0 Å². The highest BCUT2D eigenvalue weighted by molar-refractivity contribution is 5.53. The number of nitrogens with zero attached hydrogens (tertiary/aromatic N) is 1. The van der Waals surface area contributed by atoms with Crippen molar-refractivity contribution in [3.05, 3.63) is 41.7 Å². The quantitative estimate of drug-likeness (QED) is 0.773. The third-order valence-corrected chi connectivity index (χ3v) is 2.41. The minimum atomic E-state index is -0.474. The molecule has 1 saturated heterocycles. The van der Waals surface area contributed by atoms with E-state index in [0.29, 0.717) is 18.7 Å². The van der Waals surface area contributed by atoms with E-state index in [1.165, 1.54) is 0 Å². The molecule has 0 atom stereocenters. The van der Waals surface area contributed by atoms with E-state index < -0.39 is 6.61 Å². The van der Waals surface area contributed by atoms with Gasteiger partial charge in [-0.2, -0.15) is 0 Å². The van der Waals surface area contributed by atoms with Crippen LogP contribution in [0.3, 0.4) is 0 Å². The van der Waals surface area contributed by atoms with Crippen LogP contribution in [0.15, 0.2) is 41.7 Å². The van der Waals surface area contributed by atoms with Crippen molar-refractivity contribution in [3.63, 3.8) is 0 Å². The summed E-state index contributed by atoms with van der Waals surface area (Å²) >= 11 is 0. The first-order chi connectivity index (χ1) is 6.81. The molecule has 2 rings (SSSR count). The van der Waals surface area contributed by atoms with Gasteiger partial charge in [0, 0.05) is 24.4 Å². The minimum Gasteiger partial charge on any atom is -0.389 e. The van der Waals surface area contributed by atoms with Gasteiger partial charge in [0.05, 0.1) is 6.61 Å². The first-order valence-corrected chi connectivity index (χ1v) is 4.58. The maximum Gasteiger partial charge on any atom is 0.128 e. The van der Waals surface area contributed by atoms with Gasteiger partial charge in [0.1, 0.15) is 5.83 Å². The maximum atomic E-state index is 12.9. The van der Waals surface area contributed by atoms with Crippen LogP contribution in [-0.4, -0.2) is 24.8 Å². The van der Waals surface area contributed by atoms with E-state index >= 15 is 0 Å². The van der Waals surface area contributed by atoms with Crippen LogP contribution in [0.5, 0.6) is 0 Å². The summed E-state index contributed by atoms with van der Waals surface area (Å²) in [5.41, 5.74) is 1.80. The van der Waals surface area contributed by atoms with Gasteiger partial charge in [-0.25, -0.2) is 4.39 Å². The Morgan fingerprint density at radius 1 is 1.29 bits per heavy atom. The Morgan fingerprint density at radius 2 is 1.93 bits per heavy atom. The van der Waals surface area contributed by atoms with Gasteiger partial charge in [-0.1, -0.05) is 18.2 Å². The third kappa shape index (κ3) is 1.63. The van der Waals surface area contributed by atoms with E-state index in [9.17, 15) is 4.39 Å². The molecule has 3 heteroatoms. The SMILES string of the molecule is OCC(F)=C1CN(c2ccccc2)C1. The summed E-state index contributed by atoms with van der Waals surface area (Å²) in [4.78, 5) is 2.06. The molecular weight excluding hydrogens is 181 g/mol. The highest BCUT2D eigenvalue weighted by atomic mass is 19.1. The molecule has 74 valence electrons. The summed E-state index contributed by atoms with van der Waals surface area (Å²) in [5.74, 6) is -0.378. The number of halogens is 1. The number of para-hydroxylation sites is 1. The maximum absolute atomic E-state index is 12.9. The number of anilines is 1. The van der Waals surface area contributed by atoms with E-state index in [1.54, 1.807) is 0 Å². The average molecular weight is 193 g/mol. The molecule has 1 aromatic rings. The molecule has 1 fully saturated rings. The van der Waals surface area contributed by atoms with Crippen LogP contribution in [0.2, 0.25) is 0 Å². The summed E-state index contributed by atoms with van der Waals surface area (Å²) in [6, 6.07) is 9.86. The van der Waals surface area contributed by atoms with Crippen molar-refractivity contribution in [1.82, 2.24) is 0 Å². The van der Waals surface area contributed by atoms with E-state index in [1.807, 2.05) is 30.3 Å². The predicted molar refractivity (Wildman–Crippen MR) is 53.9 cm³/mol. The molecule has 0 radical (unpaired) electrons. The standard InChI is InChI=1S/C11H12FNO/c12-11(8-14)9-6-13(7-9)10-4-2-1-3-5-10/h1-5,14H,6-8H2. The van der Waals surface area contributed by atoms with E-state index in [2.05, 4.69) is 4.90 Å². The number of hydrogen-bond acceptors (Lipinski definition) is 2. The molecule has 0 aromatic heterocycles. The van der Waals surface area contributed by atoms with Crippen LogP contribution in [0, 0.1) is 0 Å². The molecule has 1 aromatic carbocycles. The molecule has 1 aliphatic rings. The lowest BCUT2D eigenvalue weighted by Crippen LogP contribution is -2.40. The Morgan fingerprint density at radius 3 is 2.50 bits per heavy atom. The van der Waals surface area contributed by atoms with Crippen LogP contribution in [0.25, 0.3) is 0 Å². The van der Waals surface area contributed by atoms with Gasteiger partial charge in [0.2, 0.25) is 0 Å². The summed E-state index contributed by atoms with van der Waals surface area (Å²) in [5, 5.41) is 8.58. The zero-order chi connectivity index (χ0) is 9.97. The number of benzene rings is 1. The van der Waals surface area contributed by atoms with E-state index in [-0.39, 0.29) is 5.83 Å². The van der Waals surface area contributed by atoms with Gasteiger partial charge in [-0.05, 0) is 12.1 Å². The Hall–Kier alpha value is -1.35. The van der Waals surface area contributed by atoms with Crippen molar-refractivity contribution >= 4 is 5.69 Å². The molecular formula is C11H12FNO. The van der Waals surface area contributed by atoms with Crippen molar-refractivity contribution < 1.29 is 9.50 Å². The number of rotatable bonds is 2. The predicted octanol–water partition coefficient (Wildman–Crippen LogP) is 1.72. The second kappa shape index (κ2) is 3.80.